The average molecular weight is 437 g/mol. The van der Waals surface area contributed by atoms with Crippen LogP contribution in [0.1, 0.15) is 18.4 Å². The Balaban J connectivity index is 1.60. The van der Waals surface area contributed by atoms with E-state index in [1.165, 1.54) is 4.31 Å². The van der Waals surface area contributed by atoms with E-state index in [9.17, 15) is 13.2 Å². The van der Waals surface area contributed by atoms with E-state index >= 15 is 0 Å². The minimum atomic E-state index is -3.51. The third-order valence-corrected chi connectivity index (χ3v) is 7.04. The number of nitrogens with zero attached hydrogens (tertiary/aromatic N) is 1. The SMILES string of the molecule is Cc1ccc(NC(=O)C2CCN(S(=O)(=O)c3ccc(Br)cc3)CC2)cc1. The van der Waals surface area contributed by atoms with Crippen LogP contribution < -0.4 is 5.32 Å². The van der Waals surface area contributed by atoms with Crippen LogP contribution in [0.3, 0.4) is 0 Å². The Bertz CT molecular complexity index is 872. The molecular weight excluding hydrogens is 416 g/mol. The number of aryl methyl sites for hydroxylation is 1. The summed E-state index contributed by atoms with van der Waals surface area (Å²) in [4.78, 5) is 12.7. The molecule has 1 heterocycles. The number of amides is 1. The van der Waals surface area contributed by atoms with Gasteiger partial charge >= 0.3 is 0 Å². The summed E-state index contributed by atoms with van der Waals surface area (Å²) in [7, 11) is -3.51. The largest absolute Gasteiger partial charge is 0.326 e. The van der Waals surface area contributed by atoms with Gasteiger partial charge in [-0.05, 0) is 56.2 Å². The molecular formula is C19H21BrN2O3S. The van der Waals surface area contributed by atoms with Crippen LogP contribution in [0.4, 0.5) is 5.69 Å². The maximum atomic E-state index is 12.7. The van der Waals surface area contributed by atoms with Crippen LogP contribution in [-0.2, 0) is 14.8 Å². The first-order chi connectivity index (χ1) is 12.4. The molecule has 1 saturated heterocycles. The van der Waals surface area contributed by atoms with E-state index in [4.69, 9.17) is 0 Å². The number of nitrogens with one attached hydrogen (secondary N) is 1. The number of benzene rings is 2. The number of halogens is 1. The molecule has 0 atom stereocenters. The highest BCUT2D eigenvalue weighted by Crippen LogP contribution is 2.25. The summed E-state index contributed by atoms with van der Waals surface area (Å²) in [5.74, 6) is -0.220. The Morgan fingerprint density at radius 1 is 1.04 bits per heavy atom. The van der Waals surface area contributed by atoms with Crippen molar-refractivity contribution in [3.05, 3.63) is 58.6 Å². The fourth-order valence-electron chi connectivity index (χ4n) is 3.00. The number of rotatable bonds is 4. The van der Waals surface area contributed by atoms with Crippen LogP contribution in [0.25, 0.3) is 0 Å². The molecule has 3 rings (SSSR count). The minimum absolute atomic E-state index is 0.0467. The highest BCUT2D eigenvalue weighted by Gasteiger charge is 2.32. The standard InChI is InChI=1S/C19H21BrN2O3S/c1-14-2-6-17(7-3-14)21-19(23)15-10-12-22(13-11-15)26(24,25)18-8-4-16(20)5-9-18/h2-9,15H,10-13H2,1H3,(H,21,23). The Hall–Kier alpha value is -1.70. The summed E-state index contributed by atoms with van der Waals surface area (Å²) < 4.78 is 27.7. The first-order valence-corrected chi connectivity index (χ1v) is 10.7. The van der Waals surface area contributed by atoms with Crippen molar-refractivity contribution < 1.29 is 13.2 Å². The van der Waals surface area contributed by atoms with E-state index in [2.05, 4.69) is 21.2 Å². The highest BCUT2D eigenvalue weighted by atomic mass is 79.9. The van der Waals surface area contributed by atoms with Crippen molar-refractivity contribution in [1.82, 2.24) is 4.31 Å². The van der Waals surface area contributed by atoms with Gasteiger partial charge in [-0.3, -0.25) is 4.79 Å². The minimum Gasteiger partial charge on any atom is -0.326 e. The second-order valence-corrected chi connectivity index (χ2v) is 9.34. The number of carbonyl (C=O) groups is 1. The fourth-order valence-corrected chi connectivity index (χ4v) is 4.73. The van der Waals surface area contributed by atoms with Crippen molar-refractivity contribution in [2.75, 3.05) is 18.4 Å². The summed E-state index contributed by atoms with van der Waals surface area (Å²) in [6, 6.07) is 14.3. The van der Waals surface area contributed by atoms with Gasteiger partial charge in [0.25, 0.3) is 0 Å². The monoisotopic (exact) mass is 436 g/mol. The molecule has 1 amide bonds. The predicted octanol–water partition coefficient (Wildman–Crippen LogP) is 3.80. The topological polar surface area (TPSA) is 66.5 Å². The second-order valence-electron chi connectivity index (χ2n) is 6.49. The molecule has 7 heteroatoms. The molecule has 0 bridgehead atoms. The van der Waals surface area contributed by atoms with E-state index in [0.29, 0.717) is 25.9 Å². The van der Waals surface area contributed by atoms with Gasteiger partial charge < -0.3 is 5.32 Å². The van der Waals surface area contributed by atoms with Crippen LogP contribution in [0.15, 0.2) is 57.9 Å². The molecule has 0 unspecified atom stereocenters. The van der Waals surface area contributed by atoms with Crippen molar-refractivity contribution in [3.63, 3.8) is 0 Å². The van der Waals surface area contributed by atoms with Gasteiger partial charge in [-0.25, -0.2) is 8.42 Å². The van der Waals surface area contributed by atoms with Gasteiger partial charge in [0.1, 0.15) is 0 Å². The first kappa shape index (κ1) is 19.1. The van der Waals surface area contributed by atoms with E-state index in [1.54, 1.807) is 24.3 Å². The van der Waals surface area contributed by atoms with E-state index in [-0.39, 0.29) is 16.7 Å². The lowest BCUT2D eigenvalue weighted by atomic mass is 9.97. The van der Waals surface area contributed by atoms with Crippen molar-refractivity contribution in [3.8, 4) is 0 Å². The van der Waals surface area contributed by atoms with Gasteiger partial charge in [0.2, 0.25) is 15.9 Å². The Kier molecular flexibility index (Phi) is 5.79. The highest BCUT2D eigenvalue weighted by molar-refractivity contribution is 9.10. The fraction of sp³-hybridized carbons (Fsp3) is 0.316. The smallest absolute Gasteiger partial charge is 0.243 e. The zero-order chi connectivity index (χ0) is 18.7. The van der Waals surface area contributed by atoms with Crippen LogP contribution in [0, 0.1) is 12.8 Å². The maximum absolute atomic E-state index is 12.7. The molecule has 0 spiro atoms. The summed E-state index contributed by atoms with van der Waals surface area (Å²) in [6.07, 6.45) is 1.04. The van der Waals surface area contributed by atoms with Crippen molar-refractivity contribution in [2.45, 2.75) is 24.7 Å². The van der Waals surface area contributed by atoms with E-state index in [1.807, 2.05) is 31.2 Å². The quantitative estimate of drug-likeness (QED) is 0.792. The number of sulfonamides is 1. The molecule has 0 aromatic heterocycles. The van der Waals surface area contributed by atoms with Crippen LogP contribution in [0.2, 0.25) is 0 Å². The van der Waals surface area contributed by atoms with Gasteiger partial charge in [0.05, 0.1) is 4.90 Å². The van der Waals surface area contributed by atoms with Crippen molar-refractivity contribution >= 4 is 37.5 Å². The van der Waals surface area contributed by atoms with E-state index < -0.39 is 10.0 Å². The van der Waals surface area contributed by atoms with Gasteiger partial charge in [-0.1, -0.05) is 33.6 Å². The lowest BCUT2D eigenvalue weighted by Crippen LogP contribution is -2.41. The van der Waals surface area contributed by atoms with Crippen molar-refractivity contribution in [2.24, 2.45) is 5.92 Å². The molecule has 2 aromatic carbocycles. The number of carbonyl (C=O) groups excluding carboxylic acids is 1. The molecule has 1 aliphatic rings. The molecule has 138 valence electrons. The molecule has 26 heavy (non-hydrogen) atoms. The van der Waals surface area contributed by atoms with Crippen LogP contribution in [-0.4, -0.2) is 31.7 Å². The zero-order valence-corrected chi connectivity index (χ0v) is 16.9. The molecule has 5 nitrogen and oxygen atoms in total. The third kappa shape index (κ3) is 4.34. The Morgan fingerprint density at radius 2 is 1.62 bits per heavy atom. The lowest BCUT2D eigenvalue weighted by molar-refractivity contribution is -0.120. The number of anilines is 1. The summed E-state index contributed by atoms with van der Waals surface area (Å²) in [5, 5.41) is 2.92. The van der Waals surface area contributed by atoms with Crippen LogP contribution in [0.5, 0.6) is 0 Å². The van der Waals surface area contributed by atoms with Crippen LogP contribution >= 0.6 is 15.9 Å². The molecule has 2 aromatic rings. The number of hydrogen-bond acceptors (Lipinski definition) is 3. The Labute approximate surface area is 162 Å². The van der Waals surface area contributed by atoms with Gasteiger partial charge in [0.15, 0.2) is 0 Å². The predicted molar refractivity (Wildman–Crippen MR) is 105 cm³/mol. The average Bonchev–Trinajstić information content (AvgIpc) is 2.64. The number of piperidine rings is 1. The third-order valence-electron chi connectivity index (χ3n) is 4.60. The number of hydrogen-bond donors (Lipinski definition) is 1. The van der Waals surface area contributed by atoms with Crippen molar-refractivity contribution in [1.29, 1.82) is 0 Å². The molecule has 0 saturated carbocycles. The summed E-state index contributed by atoms with van der Waals surface area (Å²) in [5.41, 5.74) is 1.90. The van der Waals surface area contributed by atoms with Gasteiger partial charge in [-0.15, -0.1) is 0 Å². The molecule has 0 radical (unpaired) electrons. The second kappa shape index (κ2) is 7.90. The molecule has 1 aliphatic heterocycles. The maximum Gasteiger partial charge on any atom is 0.243 e. The van der Waals surface area contributed by atoms with Gasteiger partial charge in [0, 0.05) is 29.2 Å². The molecule has 1 N–H and O–H groups in total. The first-order valence-electron chi connectivity index (χ1n) is 8.49. The van der Waals surface area contributed by atoms with Gasteiger partial charge in [-0.2, -0.15) is 4.31 Å². The lowest BCUT2D eigenvalue weighted by Gasteiger charge is -2.30. The summed E-state index contributed by atoms with van der Waals surface area (Å²) in [6.45, 7) is 2.70. The molecule has 1 fully saturated rings. The Morgan fingerprint density at radius 3 is 2.19 bits per heavy atom. The summed E-state index contributed by atoms with van der Waals surface area (Å²) >= 11 is 3.31. The molecule has 0 aliphatic carbocycles. The zero-order valence-electron chi connectivity index (χ0n) is 14.5. The normalized spacial score (nSPS) is 16.4. The van der Waals surface area contributed by atoms with E-state index in [0.717, 1.165) is 15.7 Å².